The van der Waals surface area contributed by atoms with Crippen molar-refractivity contribution in [1.29, 1.82) is 0 Å². The van der Waals surface area contributed by atoms with E-state index in [2.05, 4.69) is 4.98 Å². The molecule has 0 radical (unpaired) electrons. The second-order valence-corrected chi connectivity index (χ2v) is 2.51. The van der Waals surface area contributed by atoms with Crippen molar-refractivity contribution in [2.45, 2.75) is 6.43 Å². The van der Waals surface area contributed by atoms with Crippen LogP contribution < -0.4 is 0 Å². The molecule has 1 rings (SSSR count). The topological polar surface area (TPSA) is 50.2 Å². The predicted molar refractivity (Wildman–Crippen MR) is 41.0 cm³/mol. The van der Waals surface area contributed by atoms with Crippen LogP contribution in [0.3, 0.4) is 0 Å². The van der Waals surface area contributed by atoms with Gasteiger partial charge in [-0.3, -0.25) is 9.78 Å². The van der Waals surface area contributed by atoms with E-state index >= 15 is 0 Å². The van der Waals surface area contributed by atoms with Gasteiger partial charge in [0.25, 0.3) is 11.7 Å². The molecular weight excluding hydrogens is 204 g/mol. The molecule has 0 saturated carbocycles. The molecule has 0 aromatic carbocycles. The zero-order valence-electron chi connectivity index (χ0n) is 6.17. The molecule has 0 aliphatic carbocycles. The number of halogens is 3. The lowest BCUT2D eigenvalue weighted by molar-refractivity contribution is 0.107. The highest BCUT2D eigenvalue weighted by Gasteiger charge is 2.19. The number of aromatic nitrogens is 1. The van der Waals surface area contributed by atoms with Gasteiger partial charge in [0, 0.05) is 6.20 Å². The van der Waals surface area contributed by atoms with Crippen molar-refractivity contribution in [2.24, 2.45) is 0 Å². The molecule has 0 aliphatic rings. The number of aromatic hydroxyl groups is 1. The molecule has 0 saturated heterocycles. The Morgan fingerprint density at radius 1 is 1.62 bits per heavy atom. The fourth-order valence-corrected chi connectivity index (χ4v) is 0.941. The minimum absolute atomic E-state index is 0.369. The van der Waals surface area contributed by atoms with E-state index in [1.807, 2.05) is 0 Å². The molecule has 1 aromatic heterocycles. The number of carbonyl (C=O) groups excluding carboxylic acids is 1. The summed E-state index contributed by atoms with van der Waals surface area (Å²) in [4.78, 5) is 13.8. The molecule has 1 aromatic rings. The van der Waals surface area contributed by atoms with E-state index in [0.29, 0.717) is 0 Å². The van der Waals surface area contributed by atoms with E-state index in [4.69, 9.17) is 16.7 Å². The van der Waals surface area contributed by atoms with Crippen molar-refractivity contribution in [3.8, 4) is 5.75 Å². The number of pyridine rings is 1. The highest BCUT2D eigenvalue weighted by molar-refractivity contribution is 6.68. The summed E-state index contributed by atoms with van der Waals surface area (Å²) in [5.74, 6) is -0.863. The first-order valence-electron chi connectivity index (χ1n) is 3.20. The molecule has 0 amide bonds. The molecule has 0 bridgehead atoms. The van der Waals surface area contributed by atoms with Crippen molar-refractivity contribution in [1.82, 2.24) is 4.98 Å². The molecule has 70 valence electrons. The standard InChI is InChI=1S/C7H4ClF2NO2/c8-6(13)3-1-2-11-4(5(3)12)7(9)10/h1-2,7,12H. The third kappa shape index (κ3) is 1.92. The van der Waals surface area contributed by atoms with Crippen LogP contribution >= 0.6 is 11.6 Å². The lowest BCUT2D eigenvalue weighted by atomic mass is 10.2. The minimum Gasteiger partial charge on any atom is -0.505 e. The first-order valence-corrected chi connectivity index (χ1v) is 3.57. The number of nitrogens with zero attached hydrogens (tertiary/aromatic N) is 1. The smallest absolute Gasteiger partial charge is 0.284 e. The van der Waals surface area contributed by atoms with Crippen molar-refractivity contribution >= 4 is 16.8 Å². The van der Waals surface area contributed by atoms with Crippen LogP contribution in [0.2, 0.25) is 0 Å². The molecular formula is C7H4ClF2NO2. The van der Waals surface area contributed by atoms with E-state index in [-0.39, 0.29) is 5.56 Å². The van der Waals surface area contributed by atoms with E-state index in [1.54, 1.807) is 0 Å². The number of hydrogen-bond acceptors (Lipinski definition) is 3. The number of alkyl halides is 2. The van der Waals surface area contributed by atoms with Gasteiger partial charge < -0.3 is 5.11 Å². The summed E-state index contributed by atoms with van der Waals surface area (Å²) in [5.41, 5.74) is -1.21. The molecule has 0 unspecified atom stereocenters. The second-order valence-electron chi connectivity index (χ2n) is 2.17. The van der Waals surface area contributed by atoms with E-state index < -0.39 is 23.1 Å². The maximum absolute atomic E-state index is 12.1. The highest BCUT2D eigenvalue weighted by atomic mass is 35.5. The molecule has 0 spiro atoms. The Labute approximate surface area is 77.0 Å². The quantitative estimate of drug-likeness (QED) is 0.756. The monoisotopic (exact) mass is 207 g/mol. The van der Waals surface area contributed by atoms with Gasteiger partial charge in [0.15, 0.2) is 5.75 Å². The van der Waals surface area contributed by atoms with Gasteiger partial charge in [-0.2, -0.15) is 0 Å². The summed E-state index contributed by atoms with van der Waals surface area (Å²) >= 11 is 5.01. The van der Waals surface area contributed by atoms with Crippen LogP contribution in [0.25, 0.3) is 0 Å². The van der Waals surface area contributed by atoms with Crippen molar-refractivity contribution in [3.05, 3.63) is 23.5 Å². The zero-order chi connectivity index (χ0) is 10.0. The van der Waals surface area contributed by atoms with E-state index in [1.165, 1.54) is 0 Å². The van der Waals surface area contributed by atoms with Gasteiger partial charge in [0.2, 0.25) is 0 Å². The van der Waals surface area contributed by atoms with Gasteiger partial charge in [-0.05, 0) is 17.7 Å². The molecule has 13 heavy (non-hydrogen) atoms. The summed E-state index contributed by atoms with van der Waals surface area (Å²) in [6.07, 6.45) is -1.95. The molecule has 0 fully saturated rings. The van der Waals surface area contributed by atoms with Crippen LogP contribution in [0.5, 0.6) is 5.75 Å². The summed E-state index contributed by atoms with van der Waals surface area (Å²) in [7, 11) is 0. The van der Waals surface area contributed by atoms with Crippen LogP contribution in [0.4, 0.5) is 8.78 Å². The SMILES string of the molecule is O=C(Cl)c1ccnc(C(F)F)c1O. The lowest BCUT2D eigenvalue weighted by Gasteiger charge is -2.03. The van der Waals surface area contributed by atoms with Gasteiger partial charge in [-0.25, -0.2) is 8.78 Å². The Kier molecular flexibility index (Phi) is 2.77. The molecule has 1 N–H and O–H groups in total. The Bertz CT molecular complexity index is 343. The minimum atomic E-state index is -2.93. The van der Waals surface area contributed by atoms with Gasteiger partial charge in [0.05, 0.1) is 5.56 Å². The largest absolute Gasteiger partial charge is 0.505 e. The van der Waals surface area contributed by atoms with Crippen molar-refractivity contribution in [2.75, 3.05) is 0 Å². The molecule has 1 heterocycles. The molecule has 0 aliphatic heterocycles. The average Bonchev–Trinajstić information content (AvgIpc) is 2.03. The first-order chi connectivity index (χ1) is 6.04. The molecule has 3 nitrogen and oxygen atoms in total. The fourth-order valence-electron chi connectivity index (χ4n) is 0.788. The summed E-state index contributed by atoms with van der Waals surface area (Å²) in [6.45, 7) is 0. The average molecular weight is 208 g/mol. The Morgan fingerprint density at radius 2 is 2.23 bits per heavy atom. The third-order valence-corrected chi connectivity index (χ3v) is 1.57. The Hall–Kier alpha value is -1.23. The van der Waals surface area contributed by atoms with Gasteiger partial charge in [-0.15, -0.1) is 0 Å². The normalized spacial score (nSPS) is 10.5. The second kappa shape index (κ2) is 3.66. The fraction of sp³-hybridized carbons (Fsp3) is 0.143. The van der Waals surface area contributed by atoms with Crippen molar-refractivity contribution < 1.29 is 18.7 Å². The van der Waals surface area contributed by atoms with Crippen LogP contribution in [0, 0.1) is 0 Å². The van der Waals surface area contributed by atoms with Crippen LogP contribution in [0.15, 0.2) is 12.3 Å². The van der Waals surface area contributed by atoms with Gasteiger partial charge in [0.1, 0.15) is 5.69 Å². The van der Waals surface area contributed by atoms with Crippen LogP contribution in [-0.4, -0.2) is 15.3 Å². The van der Waals surface area contributed by atoms with E-state index in [9.17, 15) is 13.6 Å². The maximum atomic E-state index is 12.1. The number of hydrogen-bond donors (Lipinski definition) is 1. The third-order valence-electron chi connectivity index (χ3n) is 1.37. The summed E-state index contributed by atoms with van der Waals surface area (Å²) in [6, 6.07) is 1.07. The maximum Gasteiger partial charge on any atom is 0.284 e. The van der Waals surface area contributed by atoms with Gasteiger partial charge in [-0.1, -0.05) is 0 Å². The van der Waals surface area contributed by atoms with Crippen LogP contribution in [0.1, 0.15) is 22.5 Å². The summed E-state index contributed by atoms with van der Waals surface area (Å²) in [5, 5.41) is 8.08. The lowest BCUT2D eigenvalue weighted by Crippen LogP contribution is -1.97. The van der Waals surface area contributed by atoms with Crippen LogP contribution in [-0.2, 0) is 0 Å². The molecule has 0 atom stereocenters. The predicted octanol–water partition coefficient (Wildman–Crippen LogP) is 2.10. The summed E-state index contributed by atoms with van der Waals surface area (Å²) < 4.78 is 24.2. The first kappa shape index (κ1) is 9.85. The number of carbonyl (C=O) groups is 1. The Balaban J connectivity index is 3.26. The van der Waals surface area contributed by atoms with Gasteiger partial charge >= 0.3 is 0 Å². The van der Waals surface area contributed by atoms with E-state index in [0.717, 1.165) is 12.3 Å². The van der Waals surface area contributed by atoms with Crippen molar-refractivity contribution in [3.63, 3.8) is 0 Å². The zero-order valence-corrected chi connectivity index (χ0v) is 6.92. The highest BCUT2D eigenvalue weighted by Crippen LogP contribution is 2.29. The number of rotatable bonds is 2. The Morgan fingerprint density at radius 3 is 2.69 bits per heavy atom. The molecule has 6 heteroatoms.